The van der Waals surface area contributed by atoms with Gasteiger partial charge in [0.2, 0.25) is 0 Å². The number of carbonyl (C=O) groups is 1. The highest BCUT2D eigenvalue weighted by atomic mass is 19.1. The standard InChI is InChI=1S/C10H15FN2O2/c1-3-6-13-7-5-12-9(13)8(11)10(14)15-4-2/h5,7-8H,3-4,6H2,1-2H3. The third-order valence-corrected chi connectivity index (χ3v) is 1.93. The zero-order chi connectivity index (χ0) is 11.3. The van der Waals surface area contributed by atoms with Crippen molar-refractivity contribution in [2.24, 2.45) is 0 Å². The highest BCUT2D eigenvalue weighted by Gasteiger charge is 2.25. The van der Waals surface area contributed by atoms with E-state index >= 15 is 0 Å². The first-order chi connectivity index (χ1) is 7.20. The van der Waals surface area contributed by atoms with Crippen molar-refractivity contribution in [3.05, 3.63) is 18.2 Å². The molecule has 0 spiro atoms. The van der Waals surface area contributed by atoms with E-state index in [4.69, 9.17) is 0 Å². The number of carbonyl (C=O) groups excluding carboxylic acids is 1. The molecule has 4 nitrogen and oxygen atoms in total. The Kier molecular flexibility index (Phi) is 4.27. The summed E-state index contributed by atoms with van der Waals surface area (Å²) in [6.45, 7) is 4.44. The zero-order valence-electron chi connectivity index (χ0n) is 8.94. The Hall–Kier alpha value is -1.39. The number of rotatable bonds is 5. The molecular weight excluding hydrogens is 199 g/mol. The lowest BCUT2D eigenvalue weighted by molar-refractivity contribution is -0.149. The van der Waals surface area contributed by atoms with Gasteiger partial charge in [-0.3, -0.25) is 0 Å². The molecule has 0 aliphatic heterocycles. The van der Waals surface area contributed by atoms with Crippen molar-refractivity contribution in [2.75, 3.05) is 6.61 Å². The Balaban J connectivity index is 2.76. The van der Waals surface area contributed by atoms with Gasteiger partial charge in [-0.25, -0.2) is 14.2 Å². The van der Waals surface area contributed by atoms with Crippen LogP contribution in [0.2, 0.25) is 0 Å². The van der Waals surface area contributed by atoms with E-state index in [0.717, 1.165) is 6.42 Å². The molecule has 1 rings (SSSR count). The average Bonchev–Trinajstić information content (AvgIpc) is 2.66. The van der Waals surface area contributed by atoms with E-state index in [0.29, 0.717) is 6.54 Å². The van der Waals surface area contributed by atoms with Crippen LogP contribution in [0, 0.1) is 0 Å². The molecule has 84 valence electrons. The van der Waals surface area contributed by atoms with E-state index in [9.17, 15) is 9.18 Å². The number of aromatic nitrogens is 2. The number of esters is 1. The van der Waals surface area contributed by atoms with Crippen LogP contribution in [0.15, 0.2) is 12.4 Å². The molecule has 0 fully saturated rings. The molecule has 0 aliphatic rings. The zero-order valence-corrected chi connectivity index (χ0v) is 8.94. The van der Waals surface area contributed by atoms with Gasteiger partial charge >= 0.3 is 5.97 Å². The number of alkyl halides is 1. The van der Waals surface area contributed by atoms with Crippen LogP contribution in [0.4, 0.5) is 4.39 Å². The fraction of sp³-hybridized carbons (Fsp3) is 0.600. The van der Waals surface area contributed by atoms with Gasteiger partial charge < -0.3 is 9.30 Å². The summed E-state index contributed by atoms with van der Waals surface area (Å²) in [6.07, 6.45) is 2.21. The average molecular weight is 214 g/mol. The molecule has 0 saturated carbocycles. The number of hydrogen-bond donors (Lipinski definition) is 0. The van der Waals surface area contributed by atoms with Gasteiger partial charge in [0.25, 0.3) is 6.17 Å². The monoisotopic (exact) mass is 214 g/mol. The number of imidazole rings is 1. The molecule has 15 heavy (non-hydrogen) atoms. The van der Waals surface area contributed by atoms with Crippen LogP contribution in [-0.4, -0.2) is 22.1 Å². The Morgan fingerprint density at radius 3 is 3.00 bits per heavy atom. The molecule has 1 aromatic rings. The summed E-state index contributed by atoms with van der Waals surface area (Å²) >= 11 is 0. The summed E-state index contributed by atoms with van der Waals surface area (Å²) in [4.78, 5) is 15.0. The van der Waals surface area contributed by atoms with Gasteiger partial charge in [0.1, 0.15) is 0 Å². The number of ether oxygens (including phenoxy) is 1. The third-order valence-electron chi connectivity index (χ3n) is 1.93. The summed E-state index contributed by atoms with van der Waals surface area (Å²) in [5.41, 5.74) is 0. The summed E-state index contributed by atoms with van der Waals surface area (Å²) in [5, 5.41) is 0. The molecule has 0 amide bonds. The van der Waals surface area contributed by atoms with Crippen molar-refractivity contribution >= 4 is 5.97 Å². The smallest absolute Gasteiger partial charge is 0.348 e. The number of aryl methyl sites for hydroxylation is 1. The van der Waals surface area contributed by atoms with Gasteiger partial charge in [-0.15, -0.1) is 0 Å². The Bertz CT molecular complexity index is 325. The van der Waals surface area contributed by atoms with Crippen LogP contribution in [0.5, 0.6) is 0 Å². The molecule has 1 unspecified atom stereocenters. The molecule has 1 aromatic heterocycles. The number of halogens is 1. The Morgan fingerprint density at radius 2 is 2.40 bits per heavy atom. The maximum atomic E-state index is 13.6. The second kappa shape index (κ2) is 5.48. The van der Waals surface area contributed by atoms with Crippen molar-refractivity contribution < 1.29 is 13.9 Å². The number of nitrogens with zero attached hydrogens (tertiary/aromatic N) is 2. The first-order valence-electron chi connectivity index (χ1n) is 5.02. The summed E-state index contributed by atoms with van der Waals surface area (Å²) in [7, 11) is 0. The minimum absolute atomic E-state index is 0.121. The quantitative estimate of drug-likeness (QED) is 0.703. The van der Waals surface area contributed by atoms with Crippen LogP contribution in [-0.2, 0) is 16.1 Å². The minimum Gasteiger partial charge on any atom is -0.463 e. The largest absolute Gasteiger partial charge is 0.463 e. The van der Waals surface area contributed by atoms with E-state index in [2.05, 4.69) is 9.72 Å². The normalized spacial score (nSPS) is 12.5. The maximum absolute atomic E-state index is 13.6. The van der Waals surface area contributed by atoms with Crippen molar-refractivity contribution in [1.29, 1.82) is 0 Å². The fourth-order valence-electron chi connectivity index (χ4n) is 1.30. The van der Waals surface area contributed by atoms with E-state index in [1.807, 2.05) is 6.92 Å². The number of hydrogen-bond acceptors (Lipinski definition) is 3. The Morgan fingerprint density at radius 1 is 1.67 bits per heavy atom. The molecule has 0 radical (unpaired) electrons. The highest BCUT2D eigenvalue weighted by molar-refractivity contribution is 5.75. The van der Waals surface area contributed by atoms with E-state index in [1.54, 1.807) is 17.7 Å². The minimum atomic E-state index is -1.79. The first-order valence-corrected chi connectivity index (χ1v) is 5.02. The van der Waals surface area contributed by atoms with Gasteiger partial charge in [0.15, 0.2) is 5.82 Å². The third kappa shape index (κ3) is 2.78. The first kappa shape index (κ1) is 11.7. The van der Waals surface area contributed by atoms with Gasteiger partial charge in [-0.05, 0) is 13.3 Å². The van der Waals surface area contributed by atoms with Gasteiger partial charge in [0, 0.05) is 18.9 Å². The molecule has 0 bridgehead atoms. The maximum Gasteiger partial charge on any atom is 0.348 e. The van der Waals surface area contributed by atoms with E-state index < -0.39 is 12.1 Å². The lowest BCUT2D eigenvalue weighted by Crippen LogP contribution is -2.16. The van der Waals surface area contributed by atoms with Crippen molar-refractivity contribution in [1.82, 2.24) is 9.55 Å². The molecule has 0 N–H and O–H groups in total. The second-order valence-electron chi connectivity index (χ2n) is 3.09. The molecule has 1 heterocycles. The topological polar surface area (TPSA) is 44.1 Å². The summed E-state index contributed by atoms with van der Waals surface area (Å²) < 4.78 is 19.8. The van der Waals surface area contributed by atoms with Gasteiger partial charge in [0.05, 0.1) is 6.61 Å². The molecule has 0 aromatic carbocycles. The lowest BCUT2D eigenvalue weighted by Gasteiger charge is -2.09. The molecule has 0 saturated heterocycles. The molecular formula is C10H15FN2O2. The highest BCUT2D eigenvalue weighted by Crippen LogP contribution is 2.17. The van der Waals surface area contributed by atoms with Crippen molar-refractivity contribution in [3.63, 3.8) is 0 Å². The predicted molar refractivity (Wildman–Crippen MR) is 53.0 cm³/mol. The van der Waals surface area contributed by atoms with Crippen LogP contribution in [0.3, 0.4) is 0 Å². The summed E-state index contributed by atoms with van der Waals surface area (Å²) in [5.74, 6) is -0.753. The molecule has 5 heteroatoms. The summed E-state index contributed by atoms with van der Waals surface area (Å²) in [6, 6.07) is 0. The SMILES string of the molecule is CCCn1ccnc1C(F)C(=O)OCC. The lowest BCUT2D eigenvalue weighted by atomic mass is 10.3. The van der Waals surface area contributed by atoms with Gasteiger partial charge in [-0.1, -0.05) is 6.92 Å². The van der Waals surface area contributed by atoms with Crippen molar-refractivity contribution in [3.8, 4) is 0 Å². The van der Waals surface area contributed by atoms with Crippen LogP contribution < -0.4 is 0 Å². The van der Waals surface area contributed by atoms with E-state index in [-0.39, 0.29) is 12.4 Å². The Labute approximate surface area is 88.1 Å². The molecule has 0 aliphatic carbocycles. The second-order valence-corrected chi connectivity index (χ2v) is 3.09. The van der Waals surface area contributed by atoms with Crippen molar-refractivity contribution in [2.45, 2.75) is 33.0 Å². The fourth-order valence-corrected chi connectivity index (χ4v) is 1.30. The molecule has 1 atom stereocenters. The van der Waals surface area contributed by atoms with Crippen LogP contribution in [0.25, 0.3) is 0 Å². The predicted octanol–water partition coefficient (Wildman–Crippen LogP) is 1.87. The van der Waals surface area contributed by atoms with E-state index in [1.165, 1.54) is 6.20 Å². The van der Waals surface area contributed by atoms with Gasteiger partial charge in [-0.2, -0.15) is 0 Å². The van der Waals surface area contributed by atoms with Crippen LogP contribution >= 0.6 is 0 Å². The van der Waals surface area contributed by atoms with Crippen LogP contribution in [0.1, 0.15) is 32.3 Å².